The van der Waals surface area contributed by atoms with Crippen LogP contribution in [0.4, 0.5) is 5.82 Å². The molecule has 0 saturated carbocycles. The second-order valence-electron chi connectivity index (χ2n) is 4.40. The van der Waals surface area contributed by atoms with Crippen LogP contribution in [0, 0.1) is 0 Å². The van der Waals surface area contributed by atoms with E-state index in [0.717, 1.165) is 18.1 Å². The van der Waals surface area contributed by atoms with E-state index in [1.165, 1.54) is 25.9 Å². The van der Waals surface area contributed by atoms with Crippen molar-refractivity contribution >= 4 is 5.82 Å². The summed E-state index contributed by atoms with van der Waals surface area (Å²) in [7, 11) is 1.90. The van der Waals surface area contributed by atoms with Crippen LogP contribution in [0.5, 0.6) is 0 Å². The van der Waals surface area contributed by atoms with Crippen molar-refractivity contribution < 1.29 is 0 Å². The fourth-order valence-corrected chi connectivity index (χ4v) is 2.30. The van der Waals surface area contributed by atoms with E-state index in [1.807, 2.05) is 13.1 Å². The zero-order chi connectivity index (χ0) is 10.8. The molecular formula is C11H20N4. The number of nitrogens with zero attached hydrogens (tertiary/aromatic N) is 3. The monoisotopic (exact) mass is 208 g/mol. The van der Waals surface area contributed by atoms with E-state index >= 15 is 0 Å². The lowest BCUT2D eigenvalue weighted by atomic mass is 10.1. The Labute approximate surface area is 91.1 Å². The Morgan fingerprint density at radius 3 is 3.00 bits per heavy atom. The second-order valence-corrected chi connectivity index (χ2v) is 4.40. The van der Waals surface area contributed by atoms with Gasteiger partial charge in [0.1, 0.15) is 5.82 Å². The number of anilines is 1. The third-order valence-electron chi connectivity index (χ3n) is 3.17. The highest BCUT2D eigenvalue weighted by atomic mass is 15.3. The maximum atomic E-state index is 5.79. The van der Waals surface area contributed by atoms with Crippen LogP contribution in [0.25, 0.3) is 0 Å². The van der Waals surface area contributed by atoms with E-state index in [0.29, 0.717) is 5.92 Å². The van der Waals surface area contributed by atoms with E-state index in [-0.39, 0.29) is 0 Å². The summed E-state index contributed by atoms with van der Waals surface area (Å²) in [6, 6.07) is 2.01. The average molecular weight is 208 g/mol. The quantitative estimate of drug-likeness (QED) is 0.812. The number of rotatable bonds is 3. The molecule has 1 fully saturated rings. The van der Waals surface area contributed by atoms with Gasteiger partial charge in [-0.3, -0.25) is 4.68 Å². The van der Waals surface area contributed by atoms with E-state index in [9.17, 15) is 0 Å². The zero-order valence-electron chi connectivity index (χ0n) is 9.61. The molecule has 0 aromatic carbocycles. The molecule has 1 saturated heterocycles. The third-order valence-corrected chi connectivity index (χ3v) is 3.17. The Morgan fingerprint density at radius 2 is 2.40 bits per heavy atom. The summed E-state index contributed by atoms with van der Waals surface area (Å²) in [6.07, 6.45) is 2.45. The van der Waals surface area contributed by atoms with Gasteiger partial charge in [0, 0.05) is 25.6 Å². The fourth-order valence-electron chi connectivity index (χ4n) is 2.30. The minimum absolute atomic E-state index is 0.583. The molecule has 15 heavy (non-hydrogen) atoms. The molecule has 0 aliphatic carbocycles. The minimum Gasteiger partial charge on any atom is -0.384 e. The highest BCUT2D eigenvalue weighted by Crippen LogP contribution is 2.26. The van der Waals surface area contributed by atoms with E-state index in [1.54, 1.807) is 4.68 Å². The molecule has 0 amide bonds. The van der Waals surface area contributed by atoms with Crippen LogP contribution in [-0.4, -0.2) is 34.3 Å². The predicted octanol–water partition coefficient (Wildman–Crippen LogP) is 1.20. The first-order valence-corrected chi connectivity index (χ1v) is 5.72. The SMILES string of the molecule is CCCN1CCC(c2cc(N)n(C)n2)C1. The van der Waals surface area contributed by atoms with Crippen LogP contribution >= 0.6 is 0 Å². The molecular weight excluding hydrogens is 188 g/mol. The van der Waals surface area contributed by atoms with E-state index < -0.39 is 0 Å². The van der Waals surface area contributed by atoms with Crippen molar-refractivity contribution in [2.45, 2.75) is 25.7 Å². The van der Waals surface area contributed by atoms with Crippen LogP contribution in [0.1, 0.15) is 31.4 Å². The van der Waals surface area contributed by atoms with Crippen LogP contribution in [-0.2, 0) is 7.05 Å². The number of nitrogen functional groups attached to an aromatic ring is 1. The fraction of sp³-hybridized carbons (Fsp3) is 0.727. The molecule has 84 valence electrons. The summed E-state index contributed by atoms with van der Waals surface area (Å²) in [5, 5.41) is 4.45. The van der Waals surface area contributed by atoms with Gasteiger partial charge in [-0.2, -0.15) is 5.10 Å². The number of likely N-dealkylation sites (tertiary alicyclic amines) is 1. The minimum atomic E-state index is 0.583. The molecule has 1 aliphatic rings. The summed E-state index contributed by atoms with van der Waals surface area (Å²) >= 11 is 0. The lowest BCUT2D eigenvalue weighted by Gasteiger charge is -2.13. The van der Waals surface area contributed by atoms with Gasteiger partial charge in [-0.25, -0.2) is 0 Å². The van der Waals surface area contributed by atoms with Gasteiger partial charge in [-0.1, -0.05) is 6.92 Å². The molecule has 1 aromatic heterocycles. The molecule has 2 N–H and O–H groups in total. The summed E-state index contributed by atoms with van der Waals surface area (Å²) in [6.45, 7) is 5.78. The van der Waals surface area contributed by atoms with Gasteiger partial charge < -0.3 is 10.6 Å². The summed E-state index contributed by atoms with van der Waals surface area (Å²) in [5.74, 6) is 1.35. The van der Waals surface area contributed by atoms with Crippen LogP contribution in [0.15, 0.2) is 6.07 Å². The molecule has 0 spiro atoms. The largest absolute Gasteiger partial charge is 0.384 e. The lowest BCUT2D eigenvalue weighted by Crippen LogP contribution is -2.21. The zero-order valence-corrected chi connectivity index (χ0v) is 9.61. The van der Waals surface area contributed by atoms with Gasteiger partial charge in [0.05, 0.1) is 5.69 Å². The second kappa shape index (κ2) is 4.23. The van der Waals surface area contributed by atoms with Gasteiger partial charge in [-0.15, -0.1) is 0 Å². The molecule has 1 aromatic rings. The highest BCUT2D eigenvalue weighted by Gasteiger charge is 2.25. The first-order chi connectivity index (χ1) is 7.20. The summed E-state index contributed by atoms with van der Waals surface area (Å²) in [4.78, 5) is 2.51. The van der Waals surface area contributed by atoms with Crippen molar-refractivity contribution in [1.29, 1.82) is 0 Å². The number of aryl methyl sites for hydroxylation is 1. The normalized spacial score (nSPS) is 22.4. The van der Waals surface area contributed by atoms with Gasteiger partial charge in [0.25, 0.3) is 0 Å². The number of nitrogens with two attached hydrogens (primary N) is 1. The molecule has 2 heterocycles. The van der Waals surface area contributed by atoms with Gasteiger partial charge in [-0.05, 0) is 25.9 Å². The Morgan fingerprint density at radius 1 is 1.60 bits per heavy atom. The van der Waals surface area contributed by atoms with Crippen LogP contribution in [0.2, 0.25) is 0 Å². The molecule has 1 unspecified atom stereocenters. The summed E-state index contributed by atoms with van der Waals surface area (Å²) < 4.78 is 1.76. The van der Waals surface area contributed by atoms with Crippen molar-refractivity contribution in [3.05, 3.63) is 11.8 Å². The molecule has 1 atom stereocenters. The first-order valence-electron chi connectivity index (χ1n) is 5.72. The standard InChI is InChI=1S/C11H20N4/c1-3-5-15-6-4-9(8-15)10-7-11(12)14(2)13-10/h7,9H,3-6,8,12H2,1-2H3. The van der Waals surface area contributed by atoms with Gasteiger partial charge in [0.2, 0.25) is 0 Å². The lowest BCUT2D eigenvalue weighted by molar-refractivity contribution is 0.334. The predicted molar refractivity (Wildman–Crippen MR) is 61.7 cm³/mol. The molecule has 4 nitrogen and oxygen atoms in total. The number of aromatic nitrogens is 2. The van der Waals surface area contributed by atoms with Gasteiger partial charge >= 0.3 is 0 Å². The maximum absolute atomic E-state index is 5.79. The van der Waals surface area contributed by atoms with Crippen molar-refractivity contribution in [2.24, 2.45) is 7.05 Å². The molecule has 1 aliphatic heterocycles. The Balaban J connectivity index is 2.01. The highest BCUT2D eigenvalue weighted by molar-refractivity contribution is 5.32. The van der Waals surface area contributed by atoms with E-state index in [2.05, 4.69) is 16.9 Å². The van der Waals surface area contributed by atoms with E-state index in [4.69, 9.17) is 5.73 Å². The Bertz CT molecular complexity index is 312. The topological polar surface area (TPSA) is 47.1 Å². The first kappa shape index (κ1) is 10.5. The molecule has 0 bridgehead atoms. The van der Waals surface area contributed by atoms with Crippen LogP contribution < -0.4 is 5.73 Å². The third kappa shape index (κ3) is 2.15. The van der Waals surface area contributed by atoms with Crippen molar-refractivity contribution in [3.63, 3.8) is 0 Å². The Kier molecular flexibility index (Phi) is 2.95. The smallest absolute Gasteiger partial charge is 0.121 e. The van der Waals surface area contributed by atoms with Gasteiger partial charge in [0.15, 0.2) is 0 Å². The van der Waals surface area contributed by atoms with Crippen molar-refractivity contribution in [3.8, 4) is 0 Å². The summed E-state index contributed by atoms with van der Waals surface area (Å²) in [5.41, 5.74) is 6.95. The average Bonchev–Trinajstić information content (AvgIpc) is 2.76. The van der Waals surface area contributed by atoms with Crippen molar-refractivity contribution in [2.75, 3.05) is 25.4 Å². The molecule has 0 radical (unpaired) electrons. The van der Waals surface area contributed by atoms with Crippen LogP contribution in [0.3, 0.4) is 0 Å². The number of hydrogen-bond donors (Lipinski definition) is 1. The molecule has 2 rings (SSSR count). The molecule has 4 heteroatoms. The number of hydrogen-bond acceptors (Lipinski definition) is 3. The van der Waals surface area contributed by atoms with Crippen molar-refractivity contribution in [1.82, 2.24) is 14.7 Å². The maximum Gasteiger partial charge on any atom is 0.121 e. The Hall–Kier alpha value is -1.03.